The Kier molecular flexibility index (Phi) is 9.95. The minimum absolute atomic E-state index is 0.00627. The summed E-state index contributed by atoms with van der Waals surface area (Å²) in [7, 11) is 0. The molecule has 162 valence electrons. The molecule has 0 unspecified atom stereocenters. The van der Waals surface area contributed by atoms with Gasteiger partial charge in [0.25, 0.3) is 0 Å². The zero-order valence-corrected chi connectivity index (χ0v) is 19.4. The van der Waals surface area contributed by atoms with Crippen molar-refractivity contribution >= 4 is 23.6 Å². The summed E-state index contributed by atoms with van der Waals surface area (Å²) in [5, 5.41) is 2.97. The average molecular weight is 427 g/mol. The number of nitrogens with one attached hydrogen (secondary N) is 1. The number of hydrogen-bond donors (Lipinski definition) is 1. The molecule has 4 nitrogen and oxygen atoms in total. The van der Waals surface area contributed by atoms with E-state index in [1.165, 1.54) is 11.1 Å². The first-order valence-corrected chi connectivity index (χ1v) is 11.8. The number of unbranched alkanes of at least 4 members (excludes halogenated alkanes) is 1. The molecule has 0 aliphatic carbocycles. The van der Waals surface area contributed by atoms with Crippen molar-refractivity contribution in [2.24, 2.45) is 0 Å². The predicted octanol–water partition coefficient (Wildman–Crippen LogP) is 4.87. The van der Waals surface area contributed by atoms with E-state index < -0.39 is 6.04 Å². The van der Waals surface area contributed by atoms with Crippen LogP contribution in [0.25, 0.3) is 0 Å². The Morgan fingerprint density at radius 1 is 1.10 bits per heavy atom. The van der Waals surface area contributed by atoms with Crippen molar-refractivity contribution < 1.29 is 9.59 Å². The SMILES string of the molecule is CCCCNC(=O)[C@@H](C)N(Cc1cccc(C)c1)C(=O)CSCc1ccccc1C. The zero-order valence-electron chi connectivity index (χ0n) is 18.6. The highest BCUT2D eigenvalue weighted by Crippen LogP contribution is 2.18. The highest BCUT2D eigenvalue weighted by atomic mass is 32.2. The molecule has 2 amide bonds. The molecule has 0 aromatic heterocycles. The van der Waals surface area contributed by atoms with Crippen LogP contribution in [0.15, 0.2) is 48.5 Å². The van der Waals surface area contributed by atoms with Crippen LogP contribution in [0.5, 0.6) is 0 Å². The van der Waals surface area contributed by atoms with Crippen LogP contribution in [0.1, 0.15) is 48.9 Å². The maximum absolute atomic E-state index is 13.1. The number of hydrogen-bond acceptors (Lipinski definition) is 3. The standard InChI is InChI=1S/C25H34N2O2S/c1-5-6-14-26-25(29)21(4)27(16-22-12-9-10-19(2)15-22)24(28)18-30-17-23-13-8-7-11-20(23)3/h7-13,15,21H,5-6,14,16-18H2,1-4H3,(H,26,29)/t21-/m1/s1. The van der Waals surface area contributed by atoms with E-state index in [9.17, 15) is 9.59 Å². The molecule has 1 atom stereocenters. The summed E-state index contributed by atoms with van der Waals surface area (Å²) in [6.45, 7) is 9.12. The van der Waals surface area contributed by atoms with E-state index >= 15 is 0 Å². The molecule has 0 saturated carbocycles. The highest BCUT2D eigenvalue weighted by molar-refractivity contribution is 7.99. The molecule has 2 aromatic carbocycles. The Morgan fingerprint density at radius 2 is 1.87 bits per heavy atom. The number of carbonyl (C=O) groups excluding carboxylic acids is 2. The fourth-order valence-electron chi connectivity index (χ4n) is 3.23. The first-order chi connectivity index (χ1) is 14.4. The van der Waals surface area contributed by atoms with Gasteiger partial charge in [0.2, 0.25) is 11.8 Å². The van der Waals surface area contributed by atoms with Crippen LogP contribution in [0, 0.1) is 13.8 Å². The van der Waals surface area contributed by atoms with Crippen molar-refractivity contribution in [2.75, 3.05) is 12.3 Å². The topological polar surface area (TPSA) is 49.4 Å². The normalized spacial score (nSPS) is 11.7. The van der Waals surface area contributed by atoms with Crippen LogP contribution in [0.2, 0.25) is 0 Å². The van der Waals surface area contributed by atoms with Gasteiger partial charge in [-0.05, 0) is 43.9 Å². The van der Waals surface area contributed by atoms with Gasteiger partial charge in [0.15, 0.2) is 0 Å². The molecule has 0 fully saturated rings. The number of carbonyl (C=O) groups is 2. The second-order valence-electron chi connectivity index (χ2n) is 7.75. The van der Waals surface area contributed by atoms with Crippen LogP contribution >= 0.6 is 11.8 Å². The Morgan fingerprint density at radius 3 is 2.57 bits per heavy atom. The van der Waals surface area contributed by atoms with E-state index in [1.54, 1.807) is 16.7 Å². The van der Waals surface area contributed by atoms with Gasteiger partial charge in [-0.15, -0.1) is 11.8 Å². The first-order valence-electron chi connectivity index (χ1n) is 10.7. The molecule has 0 heterocycles. The predicted molar refractivity (Wildman–Crippen MR) is 126 cm³/mol. The number of thioether (sulfide) groups is 1. The van der Waals surface area contributed by atoms with E-state index in [4.69, 9.17) is 0 Å². The van der Waals surface area contributed by atoms with Crippen LogP contribution in [0.3, 0.4) is 0 Å². The van der Waals surface area contributed by atoms with Gasteiger partial charge in [-0.1, -0.05) is 67.4 Å². The first kappa shape index (κ1) is 24.0. The van der Waals surface area contributed by atoms with Gasteiger partial charge >= 0.3 is 0 Å². The molecule has 0 radical (unpaired) electrons. The van der Waals surface area contributed by atoms with Crippen molar-refractivity contribution in [3.8, 4) is 0 Å². The lowest BCUT2D eigenvalue weighted by Crippen LogP contribution is -2.48. The van der Waals surface area contributed by atoms with Crippen molar-refractivity contribution in [2.45, 2.75) is 58.9 Å². The Labute approximate surface area is 185 Å². The quantitative estimate of drug-likeness (QED) is 0.522. The van der Waals surface area contributed by atoms with Crippen molar-refractivity contribution in [3.05, 3.63) is 70.8 Å². The van der Waals surface area contributed by atoms with E-state index in [0.29, 0.717) is 18.8 Å². The number of benzene rings is 2. The van der Waals surface area contributed by atoms with Gasteiger partial charge in [-0.3, -0.25) is 9.59 Å². The molecule has 0 bridgehead atoms. The summed E-state index contributed by atoms with van der Waals surface area (Å²) in [5.74, 6) is 1.04. The number of aryl methyl sites for hydroxylation is 2. The van der Waals surface area contributed by atoms with Gasteiger partial charge in [-0.2, -0.15) is 0 Å². The fraction of sp³-hybridized carbons (Fsp3) is 0.440. The summed E-state index contributed by atoms with van der Waals surface area (Å²) in [4.78, 5) is 27.5. The third kappa shape index (κ3) is 7.52. The third-order valence-electron chi connectivity index (χ3n) is 5.18. The molecule has 0 spiro atoms. The summed E-state index contributed by atoms with van der Waals surface area (Å²) in [6, 6.07) is 15.8. The summed E-state index contributed by atoms with van der Waals surface area (Å²) in [6.07, 6.45) is 1.96. The van der Waals surface area contributed by atoms with Crippen molar-refractivity contribution in [1.29, 1.82) is 0 Å². The second kappa shape index (κ2) is 12.4. The third-order valence-corrected chi connectivity index (χ3v) is 6.14. The summed E-state index contributed by atoms with van der Waals surface area (Å²) in [5.41, 5.74) is 4.66. The Hall–Kier alpha value is -2.27. The summed E-state index contributed by atoms with van der Waals surface area (Å²) >= 11 is 1.60. The fourth-order valence-corrected chi connectivity index (χ4v) is 4.22. The highest BCUT2D eigenvalue weighted by Gasteiger charge is 2.25. The number of amides is 2. The largest absolute Gasteiger partial charge is 0.354 e. The minimum Gasteiger partial charge on any atom is -0.354 e. The number of nitrogens with zero attached hydrogens (tertiary/aromatic N) is 1. The molecule has 1 N–H and O–H groups in total. The molecule has 2 rings (SSSR count). The van der Waals surface area contributed by atoms with Gasteiger partial charge in [0.05, 0.1) is 5.75 Å². The monoisotopic (exact) mass is 426 g/mol. The molecular weight excluding hydrogens is 392 g/mol. The van der Waals surface area contributed by atoms with Crippen LogP contribution in [-0.2, 0) is 21.9 Å². The van der Waals surface area contributed by atoms with Gasteiger partial charge < -0.3 is 10.2 Å². The zero-order chi connectivity index (χ0) is 21.9. The molecule has 0 aliphatic rings. The van der Waals surface area contributed by atoms with Gasteiger partial charge in [-0.25, -0.2) is 0 Å². The smallest absolute Gasteiger partial charge is 0.242 e. The number of rotatable bonds is 11. The van der Waals surface area contributed by atoms with E-state index in [2.05, 4.69) is 37.4 Å². The molecular formula is C25H34N2O2S. The van der Waals surface area contributed by atoms with Crippen molar-refractivity contribution in [1.82, 2.24) is 10.2 Å². The maximum atomic E-state index is 13.1. The van der Waals surface area contributed by atoms with E-state index in [0.717, 1.165) is 29.7 Å². The Bertz CT molecular complexity index is 837. The Balaban J connectivity index is 2.05. The lowest BCUT2D eigenvalue weighted by Gasteiger charge is -2.29. The molecule has 30 heavy (non-hydrogen) atoms. The minimum atomic E-state index is -0.506. The van der Waals surface area contributed by atoms with Crippen molar-refractivity contribution in [3.63, 3.8) is 0 Å². The molecule has 0 saturated heterocycles. The molecule has 5 heteroatoms. The van der Waals surface area contributed by atoms with Gasteiger partial charge in [0, 0.05) is 18.8 Å². The second-order valence-corrected chi connectivity index (χ2v) is 8.74. The average Bonchev–Trinajstić information content (AvgIpc) is 2.73. The van der Waals surface area contributed by atoms with Crippen LogP contribution in [0.4, 0.5) is 0 Å². The lowest BCUT2D eigenvalue weighted by molar-refractivity contribution is -0.138. The lowest BCUT2D eigenvalue weighted by atomic mass is 10.1. The molecule has 2 aromatic rings. The van der Waals surface area contributed by atoms with E-state index in [-0.39, 0.29) is 11.8 Å². The maximum Gasteiger partial charge on any atom is 0.242 e. The van der Waals surface area contributed by atoms with Crippen LogP contribution in [-0.4, -0.2) is 35.1 Å². The summed E-state index contributed by atoms with van der Waals surface area (Å²) < 4.78 is 0. The molecule has 0 aliphatic heterocycles. The van der Waals surface area contributed by atoms with E-state index in [1.807, 2.05) is 44.2 Å². The van der Waals surface area contributed by atoms with Gasteiger partial charge in [0.1, 0.15) is 6.04 Å². The van der Waals surface area contributed by atoms with Crippen LogP contribution < -0.4 is 5.32 Å².